The zero-order valence-corrected chi connectivity index (χ0v) is 33.8. The van der Waals surface area contributed by atoms with E-state index < -0.39 is 47.8 Å². The molecule has 4 aromatic rings. The maximum Gasteiger partial charge on any atom is 0.276 e. The molecule has 0 saturated carbocycles. The van der Waals surface area contributed by atoms with Crippen LogP contribution in [0.5, 0.6) is 0 Å². The molecule has 302 valence electrons. The molecule has 7 rings (SSSR count). The normalized spacial score (nSPS) is 23.5. The number of benzene rings is 1. The zero-order chi connectivity index (χ0) is 40.1. The summed E-state index contributed by atoms with van der Waals surface area (Å²) in [6.45, 7) is 5.29. The van der Waals surface area contributed by atoms with Crippen LogP contribution in [0.2, 0.25) is 0 Å². The number of fused-ring (bicyclic) bond motifs is 10. The van der Waals surface area contributed by atoms with Gasteiger partial charge in [-0.05, 0) is 75.8 Å². The molecule has 3 aromatic heterocycles. The Balaban J connectivity index is 1.25. The van der Waals surface area contributed by atoms with Crippen molar-refractivity contribution < 1.29 is 28.4 Å². The first-order chi connectivity index (χ1) is 27.6. The van der Waals surface area contributed by atoms with Crippen molar-refractivity contribution in [3.63, 3.8) is 0 Å². The van der Waals surface area contributed by atoms with Gasteiger partial charge in [-0.25, -0.2) is 15.0 Å². The van der Waals surface area contributed by atoms with E-state index in [1.54, 1.807) is 15.7 Å². The lowest BCUT2D eigenvalue weighted by atomic mass is 10.0. The summed E-state index contributed by atoms with van der Waals surface area (Å²) in [5.74, 6) is -1.72. The minimum absolute atomic E-state index is 0.0439. The van der Waals surface area contributed by atoms with Gasteiger partial charge in [-0.2, -0.15) is 0 Å². The van der Waals surface area contributed by atoms with Crippen LogP contribution in [0, 0.1) is 5.92 Å². The van der Waals surface area contributed by atoms with Crippen molar-refractivity contribution >= 4 is 52.2 Å². The van der Waals surface area contributed by atoms with Crippen LogP contribution in [0.25, 0.3) is 11.6 Å². The molecule has 0 radical (unpaired) electrons. The fraction of sp³-hybridized carbons (Fsp3) is 0.500. The highest BCUT2D eigenvalue weighted by Gasteiger charge is 2.39. The number of rotatable bonds is 8. The molecule has 6 heterocycles. The van der Waals surface area contributed by atoms with Gasteiger partial charge in [0.2, 0.25) is 23.6 Å². The Kier molecular flexibility index (Phi) is 12.7. The molecule has 2 saturated heterocycles. The summed E-state index contributed by atoms with van der Waals surface area (Å²) in [6.07, 6.45) is 6.12. The summed E-state index contributed by atoms with van der Waals surface area (Å²) in [7, 11) is 0. The van der Waals surface area contributed by atoms with Gasteiger partial charge in [-0.1, -0.05) is 44.2 Å². The summed E-state index contributed by atoms with van der Waals surface area (Å²) >= 11 is 2.63. The summed E-state index contributed by atoms with van der Waals surface area (Å²) in [5, 5.41) is 13.7. The molecule has 0 spiro atoms. The summed E-state index contributed by atoms with van der Waals surface area (Å²) in [4.78, 5) is 87.4. The number of hydrogen-bond acceptors (Lipinski definition) is 12. The Hall–Kier alpha value is -5.00. The third kappa shape index (κ3) is 9.26. The first-order valence-electron chi connectivity index (χ1n) is 19.7. The van der Waals surface area contributed by atoms with E-state index in [0.717, 1.165) is 12.0 Å². The van der Waals surface area contributed by atoms with Crippen molar-refractivity contribution in [2.45, 2.75) is 102 Å². The Morgan fingerprint density at radius 3 is 2.26 bits per heavy atom. The highest BCUT2D eigenvalue weighted by molar-refractivity contribution is 7.10. The molecule has 0 aliphatic carbocycles. The number of carbonyl (C=O) groups excluding carboxylic acids is 5. The van der Waals surface area contributed by atoms with Crippen LogP contribution in [0.4, 0.5) is 0 Å². The smallest absolute Gasteiger partial charge is 0.276 e. The Morgan fingerprint density at radius 2 is 1.49 bits per heavy atom. The number of nitrogens with zero attached hydrogens (tertiary/aromatic N) is 5. The second-order valence-corrected chi connectivity index (χ2v) is 17.1. The van der Waals surface area contributed by atoms with Crippen LogP contribution < -0.4 is 21.7 Å². The third-order valence-corrected chi connectivity index (χ3v) is 12.5. The standard InChI is InChI=1S/C40H49N9O6S2/c1-23(2)18-27-39(53)49-17-9-14-32(49)38-47-30(22-57-38)36-45-28(20-55-36)40(54)48-16-8-13-31(48)35(52)42-25(12-6-7-15-41)33(50)43-26(19-24-10-4-3-5-11-24)37-46-29(21-56-37)34(51)44-27/h3-5,10-11,20-23,25-27,31-32H,6-9,12-19,41H2,1-2H3,(H,42,52)(H,43,50)(H,44,51)/t25-,26+,27-,31-,32-/m0/s1. The third-order valence-electron chi connectivity index (χ3n) is 10.6. The van der Waals surface area contributed by atoms with Crippen LogP contribution in [0.3, 0.4) is 0 Å². The predicted octanol–water partition coefficient (Wildman–Crippen LogP) is 4.39. The molecule has 15 nitrogen and oxygen atoms in total. The molecule has 17 heteroatoms. The minimum atomic E-state index is -0.928. The maximum absolute atomic E-state index is 14.3. The molecule has 0 unspecified atom stereocenters. The van der Waals surface area contributed by atoms with Crippen molar-refractivity contribution in [1.82, 2.24) is 40.7 Å². The van der Waals surface area contributed by atoms with Crippen LogP contribution >= 0.6 is 22.7 Å². The van der Waals surface area contributed by atoms with Gasteiger partial charge in [0, 0.05) is 23.8 Å². The zero-order valence-electron chi connectivity index (χ0n) is 32.1. The minimum Gasteiger partial charge on any atom is -0.442 e. The van der Waals surface area contributed by atoms with Gasteiger partial charge in [0.25, 0.3) is 11.8 Å². The maximum atomic E-state index is 14.3. The fourth-order valence-corrected chi connectivity index (χ4v) is 9.56. The molecular weight excluding hydrogens is 767 g/mol. The van der Waals surface area contributed by atoms with Crippen LogP contribution in [0.1, 0.15) is 114 Å². The van der Waals surface area contributed by atoms with Crippen LogP contribution in [-0.2, 0) is 20.8 Å². The number of thiazole rings is 2. The van der Waals surface area contributed by atoms with E-state index in [1.807, 2.05) is 44.2 Å². The average Bonchev–Trinajstić information content (AvgIpc) is 4.05. The van der Waals surface area contributed by atoms with Crippen molar-refractivity contribution in [3.05, 3.63) is 74.3 Å². The molecule has 5 atom stereocenters. The SMILES string of the molecule is CC(C)C[C@@H]1NC(=O)c2csc(n2)[C@@H](Cc2ccccc2)NC(=O)[C@H](CCCCN)NC(=O)[C@@H]2CCCN2C(=O)c2coc(n2)-c2csc(n2)[C@@H]2CCCN2C1=O. The van der Waals surface area contributed by atoms with Crippen LogP contribution in [-0.4, -0.2) is 92.0 Å². The number of unbranched alkanes of at least 4 members (excludes halogenated alkanes) is 1. The number of aromatic nitrogens is 3. The van der Waals surface area contributed by atoms with E-state index in [2.05, 4.69) is 20.9 Å². The molecule has 3 aliphatic heterocycles. The summed E-state index contributed by atoms with van der Waals surface area (Å²) < 4.78 is 5.75. The molecular formula is C40H49N9O6S2. The number of carbonyl (C=O) groups is 5. The first-order valence-corrected chi connectivity index (χ1v) is 21.5. The Bertz CT molecular complexity index is 2070. The van der Waals surface area contributed by atoms with E-state index >= 15 is 0 Å². The van der Waals surface area contributed by atoms with E-state index in [0.29, 0.717) is 86.7 Å². The Morgan fingerprint density at radius 1 is 0.789 bits per heavy atom. The van der Waals surface area contributed by atoms with E-state index in [1.165, 1.54) is 33.8 Å². The monoisotopic (exact) mass is 815 g/mol. The van der Waals surface area contributed by atoms with E-state index in [4.69, 9.17) is 20.1 Å². The second kappa shape index (κ2) is 18.1. The lowest BCUT2D eigenvalue weighted by Crippen LogP contribution is -2.53. The quantitative estimate of drug-likeness (QED) is 0.185. The topological polar surface area (TPSA) is 206 Å². The fourth-order valence-electron chi connectivity index (χ4n) is 7.77. The lowest BCUT2D eigenvalue weighted by Gasteiger charge is -2.29. The highest BCUT2D eigenvalue weighted by atomic mass is 32.1. The van der Waals surface area contributed by atoms with Gasteiger partial charge in [-0.15, -0.1) is 22.7 Å². The predicted molar refractivity (Wildman–Crippen MR) is 214 cm³/mol. The average molecular weight is 816 g/mol. The lowest BCUT2D eigenvalue weighted by molar-refractivity contribution is -0.134. The first kappa shape index (κ1) is 40.2. The molecule has 3 aliphatic rings. The largest absolute Gasteiger partial charge is 0.442 e. The van der Waals surface area contributed by atoms with E-state index in [9.17, 15) is 24.0 Å². The van der Waals surface area contributed by atoms with E-state index in [-0.39, 0.29) is 35.1 Å². The van der Waals surface area contributed by atoms with Gasteiger partial charge in [0.05, 0.1) is 12.1 Å². The van der Waals surface area contributed by atoms with Crippen molar-refractivity contribution in [1.29, 1.82) is 0 Å². The molecule has 5 N–H and O–H groups in total. The van der Waals surface area contributed by atoms with Crippen molar-refractivity contribution in [2.24, 2.45) is 11.7 Å². The van der Waals surface area contributed by atoms with Gasteiger partial charge in [0.15, 0.2) is 5.69 Å². The summed E-state index contributed by atoms with van der Waals surface area (Å²) in [5.41, 5.74) is 7.35. The van der Waals surface area contributed by atoms with Crippen molar-refractivity contribution in [3.8, 4) is 11.6 Å². The molecule has 2 fully saturated rings. The number of nitrogens with two attached hydrogens (primary N) is 1. The number of oxazole rings is 1. The van der Waals surface area contributed by atoms with Crippen molar-refractivity contribution in [2.75, 3.05) is 19.6 Å². The molecule has 1 aromatic carbocycles. The second-order valence-electron chi connectivity index (χ2n) is 15.3. The highest BCUT2D eigenvalue weighted by Crippen LogP contribution is 2.36. The molecule has 6 bridgehead atoms. The van der Waals surface area contributed by atoms with Gasteiger partial charge >= 0.3 is 0 Å². The molecule has 57 heavy (non-hydrogen) atoms. The number of hydrogen-bond donors (Lipinski definition) is 4. The number of amides is 5. The van der Waals surface area contributed by atoms with Gasteiger partial charge in [0.1, 0.15) is 45.8 Å². The van der Waals surface area contributed by atoms with Crippen LogP contribution in [0.15, 0.2) is 51.8 Å². The summed E-state index contributed by atoms with van der Waals surface area (Å²) in [6, 6.07) is 6.13. The van der Waals surface area contributed by atoms with Gasteiger partial charge in [-0.3, -0.25) is 24.0 Å². The Labute approximate surface area is 339 Å². The molecule has 5 amide bonds. The number of nitrogens with one attached hydrogen (secondary N) is 3. The van der Waals surface area contributed by atoms with Gasteiger partial charge < -0.3 is 35.9 Å².